The number of hydrogen-bond acceptors (Lipinski definition) is 3. The van der Waals surface area contributed by atoms with Gasteiger partial charge in [-0.2, -0.15) is 8.42 Å². The van der Waals surface area contributed by atoms with Crippen LogP contribution in [0.5, 0.6) is 0 Å². The number of carbonyl (C=O) groups is 1. The van der Waals surface area contributed by atoms with Crippen LogP contribution < -0.4 is 4.72 Å². The smallest absolute Gasteiger partial charge is 0.268 e. The number of rotatable bonds is 1. The number of fused-ring (bicyclic) bond motifs is 1. The summed E-state index contributed by atoms with van der Waals surface area (Å²) in [6.45, 7) is 3.32. The second kappa shape index (κ2) is 3.48. The predicted octanol–water partition coefficient (Wildman–Crippen LogP) is 1.21. The Morgan fingerprint density at radius 3 is 2.50 bits per heavy atom. The van der Waals surface area contributed by atoms with E-state index in [-0.39, 0.29) is 0 Å². The average molecular weight is 246 g/mol. The van der Waals surface area contributed by atoms with Gasteiger partial charge in [-0.15, -0.1) is 0 Å². The van der Waals surface area contributed by atoms with Crippen LogP contribution in [-0.4, -0.2) is 24.7 Å². The third-order valence-corrected chi connectivity index (χ3v) is 3.91. The van der Waals surface area contributed by atoms with Gasteiger partial charge >= 0.3 is 10.2 Å². The Balaban J connectivity index is 2.61. The monoisotopic (exact) mass is 246 g/mol. The van der Waals surface area contributed by atoms with Crippen LogP contribution in [-0.2, 0) is 10.2 Å². The molecule has 0 saturated carbocycles. The predicted molar refractivity (Wildman–Crippen MR) is 60.3 cm³/mol. The van der Waals surface area contributed by atoms with Crippen LogP contribution in [0.1, 0.15) is 24.2 Å². The number of nitrogens with one attached hydrogen (secondary N) is 1. The minimum absolute atomic E-state index is 0.337. The molecular weight excluding hydrogens is 234 g/mol. The quantitative estimate of drug-likeness (QED) is 0.809. The van der Waals surface area contributed by atoms with E-state index in [1.54, 1.807) is 38.1 Å². The summed E-state index contributed by atoms with van der Waals surface area (Å²) < 4.78 is 26.8. The van der Waals surface area contributed by atoms with Crippen molar-refractivity contribution in [3.8, 4) is 0 Å². The maximum absolute atomic E-state index is 12.0. The van der Waals surface area contributed by atoms with Gasteiger partial charge in [-0.25, -0.2) is 4.31 Å². The largest absolute Gasteiger partial charge is 0.326 e. The van der Waals surface area contributed by atoms with Crippen molar-refractivity contribution in [3.05, 3.63) is 29.8 Å². The Labute approximate surface area is 94.3 Å². The SMILES string of the molecule is CC(C)N1C(=O)[13c]2[13cH][13cH][13cH][13cH][13c]2NS1(=O)=O. The van der Waals surface area contributed by atoms with E-state index in [1.807, 2.05) is 0 Å². The van der Waals surface area contributed by atoms with Crippen LogP contribution in [0.4, 0.5) is 5.69 Å². The van der Waals surface area contributed by atoms with Crippen molar-refractivity contribution in [1.82, 2.24) is 4.31 Å². The van der Waals surface area contributed by atoms with Crippen LogP contribution >= 0.6 is 0 Å². The van der Waals surface area contributed by atoms with Gasteiger partial charge in [0.05, 0.1) is 11.3 Å². The molecule has 86 valence electrons. The summed E-state index contributed by atoms with van der Waals surface area (Å²) in [5, 5.41) is 0. The lowest BCUT2D eigenvalue weighted by Crippen LogP contribution is -2.48. The third kappa shape index (κ3) is 1.55. The highest BCUT2D eigenvalue weighted by Crippen LogP contribution is 2.27. The average Bonchev–Trinajstić information content (AvgIpc) is 2.15. The van der Waals surface area contributed by atoms with Crippen LogP contribution in [0, 0.1) is 0 Å². The standard InChI is InChI=1S/C10H12N2O3S/c1-7(2)12-10(13)8-5-3-4-6-9(8)11-16(12,14)15/h3-7,11H,1-2H3/i3+1,4+1,5+1,6+1,8+1,9+1. The molecule has 16 heavy (non-hydrogen) atoms. The topological polar surface area (TPSA) is 66.5 Å². The molecule has 0 saturated heterocycles. The fourth-order valence-electron chi connectivity index (χ4n) is 1.69. The van der Waals surface area contributed by atoms with Crippen molar-refractivity contribution in [2.75, 3.05) is 4.72 Å². The number of carbonyl (C=O) groups excluding carboxylic acids is 1. The molecule has 0 radical (unpaired) electrons. The molecule has 0 fully saturated rings. The molecule has 0 aliphatic carbocycles. The van der Waals surface area contributed by atoms with Gasteiger partial charge in [0.1, 0.15) is 0 Å². The summed E-state index contributed by atoms with van der Waals surface area (Å²) >= 11 is 0. The van der Waals surface area contributed by atoms with E-state index >= 15 is 0 Å². The zero-order valence-electron chi connectivity index (χ0n) is 8.97. The molecule has 1 amide bonds. The number of anilines is 1. The maximum atomic E-state index is 12.0. The Morgan fingerprint density at radius 2 is 1.88 bits per heavy atom. The molecule has 0 bridgehead atoms. The highest BCUT2D eigenvalue weighted by Gasteiger charge is 2.36. The summed E-state index contributed by atoms with van der Waals surface area (Å²) in [6.07, 6.45) is 0. The number of nitrogens with zero attached hydrogens (tertiary/aromatic N) is 1. The van der Waals surface area contributed by atoms with E-state index in [2.05, 4.69) is 4.72 Å². The molecule has 5 nitrogen and oxygen atoms in total. The molecule has 1 heterocycles. The molecule has 6 heteroatoms. The van der Waals surface area contributed by atoms with Gasteiger partial charge in [0.15, 0.2) is 0 Å². The second-order valence-corrected chi connectivity index (χ2v) is 5.40. The summed E-state index contributed by atoms with van der Waals surface area (Å²) in [4.78, 5) is 12.0. The molecule has 1 aliphatic heterocycles. The lowest BCUT2D eigenvalue weighted by Gasteiger charge is -2.31. The van der Waals surface area contributed by atoms with E-state index in [0.717, 1.165) is 4.31 Å². The molecule has 1 aromatic rings. The first-order chi connectivity index (χ1) is 7.43. The van der Waals surface area contributed by atoms with Crippen LogP contribution in [0.15, 0.2) is 24.3 Å². The highest BCUT2D eigenvalue weighted by molar-refractivity contribution is 7.91. The number of amides is 1. The van der Waals surface area contributed by atoms with Crippen molar-refractivity contribution in [1.29, 1.82) is 0 Å². The molecule has 0 aromatic heterocycles. The Hall–Kier alpha value is -1.56. The summed E-state index contributed by atoms with van der Waals surface area (Å²) in [5.74, 6) is -0.482. The molecule has 2 rings (SSSR count). The number of hydrogen-bond donors (Lipinski definition) is 1. The zero-order chi connectivity index (χ0) is 11.9. The molecule has 0 spiro atoms. The van der Waals surface area contributed by atoms with Gasteiger partial charge < -0.3 is 0 Å². The molecule has 0 atom stereocenters. The molecule has 1 aliphatic rings. The maximum Gasteiger partial charge on any atom is 0.326 e. The van der Waals surface area contributed by atoms with Crippen molar-refractivity contribution < 1.29 is 13.2 Å². The Kier molecular flexibility index (Phi) is 2.38. The van der Waals surface area contributed by atoms with Crippen LogP contribution in [0.25, 0.3) is 0 Å². The van der Waals surface area contributed by atoms with Crippen molar-refractivity contribution in [2.45, 2.75) is 19.9 Å². The van der Waals surface area contributed by atoms with Crippen molar-refractivity contribution >= 4 is 21.8 Å². The lowest BCUT2D eigenvalue weighted by atomic mass is 10.4. The first kappa shape index (κ1) is 10.9. The third-order valence-electron chi connectivity index (χ3n) is 2.32. The lowest BCUT2D eigenvalue weighted by molar-refractivity contribution is 0.0834. The number of para-hydroxylation sites is 1. The van der Waals surface area contributed by atoms with Gasteiger partial charge in [0.2, 0.25) is 0 Å². The van der Waals surface area contributed by atoms with Gasteiger partial charge in [0, 0.05) is 6.04 Å². The van der Waals surface area contributed by atoms with Gasteiger partial charge in [-0.05, 0) is 26.0 Å². The van der Waals surface area contributed by atoms with Crippen molar-refractivity contribution in [2.24, 2.45) is 0 Å². The first-order valence-corrected chi connectivity index (χ1v) is 6.33. The molecule has 1 aromatic carbocycles. The Bertz CT molecular complexity index is 537. The van der Waals surface area contributed by atoms with Crippen LogP contribution in [0.3, 0.4) is 0 Å². The summed E-state index contributed by atoms with van der Waals surface area (Å²) in [7, 11) is -3.75. The van der Waals surface area contributed by atoms with E-state index in [1.165, 1.54) is 0 Å². The molecule has 0 unspecified atom stereocenters. The van der Waals surface area contributed by atoms with Gasteiger partial charge in [0.25, 0.3) is 5.91 Å². The fraction of sp³-hybridized carbons (Fsp3) is 0.300. The zero-order valence-corrected chi connectivity index (χ0v) is 9.78. The van der Waals surface area contributed by atoms with Gasteiger partial charge in [-0.1, -0.05) is 12.1 Å². The normalized spacial score (nSPS) is 18.2. The minimum Gasteiger partial charge on any atom is -0.268 e. The van der Waals surface area contributed by atoms with E-state index < -0.39 is 22.2 Å². The number of benzene rings is 1. The van der Waals surface area contributed by atoms with Crippen molar-refractivity contribution in [3.63, 3.8) is 0 Å². The van der Waals surface area contributed by atoms with E-state index in [9.17, 15) is 13.2 Å². The summed E-state index contributed by atoms with van der Waals surface area (Å²) in [6, 6.07) is 6.16. The molecular formula is C10H12N2O3S. The second-order valence-electron chi connectivity index (χ2n) is 3.85. The van der Waals surface area contributed by atoms with E-state index in [4.69, 9.17) is 0 Å². The summed E-state index contributed by atoms with van der Waals surface area (Å²) in [5.41, 5.74) is 0.718. The first-order valence-electron chi connectivity index (χ1n) is 4.89. The van der Waals surface area contributed by atoms with Gasteiger partial charge in [-0.3, -0.25) is 9.52 Å². The Morgan fingerprint density at radius 1 is 1.25 bits per heavy atom. The minimum atomic E-state index is -3.75. The highest BCUT2D eigenvalue weighted by atomic mass is 32.2. The van der Waals surface area contributed by atoms with Crippen LogP contribution in [0.2, 0.25) is 0 Å². The molecule has 1 N–H and O–H groups in total. The van der Waals surface area contributed by atoms with E-state index in [0.29, 0.717) is 11.3 Å². The fourth-order valence-corrected chi connectivity index (χ4v) is 3.11.